The van der Waals surface area contributed by atoms with Crippen LogP contribution in [0.2, 0.25) is 0 Å². The van der Waals surface area contributed by atoms with Gasteiger partial charge in [-0.3, -0.25) is 48.5 Å². The first kappa shape index (κ1) is 66.1. The SMILES string of the molecule is CCCOC(=O)CC[C@@H]1/C2=C(\C)C3=N[C@H]([C@H](CC(=O)OCCC)[C@@]3(C)CCC(=O)OCCC)[C@]3(C)N=C(C(C)=C4N/C(=C\C(=N2)C1(C)C)[C@@H](CCC(=O)OCCC)[C@]4(C)CC(=O)O)[C@@H](CCC(=O)OCCC)[C@]3(C)CC(=O)OCCC. The van der Waals surface area contributed by atoms with Crippen LogP contribution in [0.4, 0.5) is 0 Å². The van der Waals surface area contributed by atoms with E-state index in [2.05, 4.69) is 19.2 Å². The fourth-order valence-electron chi connectivity index (χ4n) is 13.4. The van der Waals surface area contributed by atoms with E-state index in [1.807, 2.05) is 89.2 Å². The van der Waals surface area contributed by atoms with Crippen molar-refractivity contribution in [2.75, 3.05) is 39.6 Å². The topological polar surface area (TPSA) is 244 Å². The van der Waals surface area contributed by atoms with Gasteiger partial charge in [-0.1, -0.05) is 76.2 Å². The van der Waals surface area contributed by atoms with Crippen molar-refractivity contribution in [3.05, 3.63) is 34.3 Å². The molecule has 0 aromatic heterocycles. The van der Waals surface area contributed by atoms with Gasteiger partial charge in [0.2, 0.25) is 0 Å². The summed E-state index contributed by atoms with van der Waals surface area (Å²) in [6, 6.07) is -0.911. The molecule has 0 aromatic carbocycles. The van der Waals surface area contributed by atoms with Gasteiger partial charge in [-0.2, -0.15) is 0 Å². The molecule has 8 bridgehead atoms. The van der Waals surface area contributed by atoms with Gasteiger partial charge in [-0.05, 0) is 102 Å². The van der Waals surface area contributed by atoms with E-state index in [1.165, 1.54) is 0 Å². The van der Waals surface area contributed by atoms with Crippen LogP contribution in [-0.4, -0.2) is 115 Å². The van der Waals surface area contributed by atoms with Gasteiger partial charge in [-0.15, -0.1) is 0 Å². The van der Waals surface area contributed by atoms with Crippen molar-refractivity contribution in [3.8, 4) is 0 Å². The molecule has 5 aliphatic heterocycles. The van der Waals surface area contributed by atoms with E-state index < -0.39 is 92.7 Å². The highest BCUT2D eigenvalue weighted by molar-refractivity contribution is 6.10. The van der Waals surface area contributed by atoms with Crippen LogP contribution in [0.3, 0.4) is 0 Å². The number of nitrogens with one attached hydrogen (secondary N) is 1. The summed E-state index contributed by atoms with van der Waals surface area (Å²) >= 11 is 0. The van der Waals surface area contributed by atoms with E-state index in [4.69, 9.17) is 43.4 Å². The number of allylic oxidation sites excluding steroid dienone is 6. The van der Waals surface area contributed by atoms with Crippen LogP contribution in [-0.2, 0) is 62.0 Å². The molecular formula is C63H96N4O14. The lowest BCUT2D eigenvalue weighted by molar-refractivity contribution is -0.150. The highest BCUT2D eigenvalue weighted by Gasteiger charge is 2.67. The summed E-state index contributed by atoms with van der Waals surface area (Å²) in [7, 11) is 0. The lowest BCUT2D eigenvalue weighted by Crippen LogP contribution is -2.55. The predicted octanol–water partition coefficient (Wildman–Crippen LogP) is 11.1. The standard InChI is InChI=1S/C63H96N4O14/c1-15-29-76-48(70)24-21-41-45-36-46-59(9,10)42(22-25-49(71)77-30-16-2)54(65-46)39(7)56-60(11,28-27-51(73)79-32-18-4)44(35-52(74)80-33-19-5)58(66-56)63(14)62(13,38-53(75)81-34-20-6)43(23-26-50(72)78-31-17-3)55(67-63)40(8)57(64-45)61(41,12)37-47(68)69/h36,41-44,58,64H,15-35,37-38H2,1-14H3,(H,68,69)/b45-36-,54-39-,57-40?/t41-,42-,43-,44+,58-,60-,61+,62+,63+/m1/s1. The van der Waals surface area contributed by atoms with Crippen LogP contribution in [0.15, 0.2) is 49.3 Å². The lowest BCUT2D eigenvalue weighted by Gasteiger charge is -2.48. The maximum Gasteiger partial charge on any atom is 0.306 e. The monoisotopic (exact) mass is 1130 g/mol. The number of aliphatic carboxylic acids is 1. The maximum absolute atomic E-state index is 14.6. The van der Waals surface area contributed by atoms with Crippen molar-refractivity contribution in [2.24, 2.45) is 60.3 Å². The number of carboxylic acids is 1. The number of aliphatic imine (C=N–C) groups is 3. The maximum atomic E-state index is 14.6. The molecule has 18 heteroatoms. The largest absolute Gasteiger partial charge is 0.481 e. The average Bonchev–Trinajstić information content (AvgIpc) is 4.06. The molecule has 0 radical (unpaired) electrons. The van der Waals surface area contributed by atoms with Crippen molar-refractivity contribution in [1.29, 1.82) is 0 Å². The summed E-state index contributed by atoms with van der Waals surface area (Å²) in [5.41, 5.74) is -0.892. The molecule has 9 atom stereocenters. The molecule has 0 spiro atoms. The quantitative estimate of drug-likeness (QED) is 0.0502. The first-order chi connectivity index (χ1) is 38.3. The van der Waals surface area contributed by atoms with E-state index in [-0.39, 0.29) is 110 Å². The molecule has 5 heterocycles. The smallest absolute Gasteiger partial charge is 0.306 e. The Bertz CT molecular complexity index is 2540. The Morgan fingerprint density at radius 3 is 1.52 bits per heavy atom. The minimum Gasteiger partial charge on any atom is -0.481 e. The Hall–Kier alpha value is -5.68. The first-order valence-corrected chi connectivity index (χ1v) is 30.1. The molecule has 81 heavy (non-hydrogen) atoms. The molecule has 0 unspecified atom stereocenters. The van der Waals surface area contributed by atoms with Crippen molar-refractivity contribution in [2.45, 2.75) is 218 Å². The Morgan fingerprint density at radius 2 is 1.02 bits per heavy atom. The summed E-state index contributed by atoms with van der Waals surface area (Å²) in [4.78, 5) is 114. The number of esters is 6. The molecular weight excluding hydrogens is 1040 g/mol. The number of fused-ring (bicyclic) bond motifs is 6. The van der Waals surface area contributed by atoms with Crippen molar-refractivity contribution >= 4 is 58.9 Å². The van der Waals surface area contributed by atoms with Gasteiger partial charge in [-0.25, -0.2) is 0 Å². The molecule has 0 aliphatic carbocycles. The molecule has 5 rings (SSSR count). The number of nitrogens with zero attached hydrogens (tertiary/aromatic N) is 3. The number of rotatable bonds is 30. The molecule has 0 amide bonds. The Labute approximate surface area is 481 Å². The number of carbonyl (C=O) groups excluding carboxylic acids is 6. The minimum atomic E-state index is -1.41. The number of carboxylic acid groups (broad SMARTS) is 1. The molecule has 18 nitrogen and oxygen atoms in total. The van der Waals surface area contributed by atoms with Gasteiger partial charge in [0.25, 0.3) is 0 Å². The third-order valence-corrected chi connectivity index (χ3v) is 18.1. The first-order valence-electron chi connectivity index (χ1n) is 30.1. The fraction of sp³-hybridized carbons (Fsp3) is 0.746. The summed E-state index contributed by atoms with van der Waals surface area (Å²) in [5.74, 6) is -6.12. The van der Waals surface area contributed by atoms with E-state index in [9.17, 15) is 38.7 Å². The van der Waals surface area contributed by atoms with Crippen LogP contribution >= 0.6 is 0 Å². The molecule has 0 saturated carbocycles. The van der Waals surface area contributed by atoms with Gasteiger partial charge in [0, 0.05) is 105 Å². The van der Waals surface area contributed by atoms with Gasteiger partial charge < -0.3 is 38.8 Å². The zero-order chi connectivity index (χ0) is 60.1. The molecule has 0 aromatic rings. The molecule has 452 valence electrons. The van der Waals surface area contributed by atoms with Gasteiger partial charge >= 0.3 is 41.8 Å². The molecule has 5 aliphatic rings. The Kier molecular flexibility index (Phi) is 23.3. The zero-order valence-electron chi connectivity index (χ0n) is 51.3. The van der Waals surface area contributed by atoms with Crippen LogP contribution in [0.25, 0.3) is 0 Å². The second kappa shape index (κ2) is 28.5. The normalized spacial score (nSPS) is 29.7. The summed E-state index contributed by atoms with van der Waals surface area (Å²) < 4.78 is 34.5. The molecule has 2 N–H and O–H groups in total. The Balaban J connectivity index is 2.02. The van der Waals surface area contributed by atoms with Crippen molar-refractivity contribution < 1.29 is 67.1 Å². The third kappa shape index (κ3) is 14.6. The lowest BCUT2D eigenvalue weighted by atomic mass is 9.55. The predicted molar refractivity (Wildman–Crippen MR) is 309 cm³/mol. The fourth-order valence-corrected chi connectivity index (χ4v) is 13.4. The van der Waals surface area contributed by atoms with Crippen molar-refractivity contribution in [1.82, 2.24) is 5.32 Å². The Morgan fingerprint density at radius 1 is 0.568 bits per heavy atom. The number of hydrogen-bond acceptors (Lipinski definition) is 17. The third-order valence-electron chi connectivity index (χ3n) is 18.1. The molecule has 1 saturated heterocycles. The summed E-state index contributed by atoms with van der Waals surface area (Å²) in [6.45, 7) is 28.6. The number of hydrogen-bond donors (Lipinski definition) is 2. The van der Waals surface area contributed by atoms with Gasteiger partial charge in [0.1, 0.15) is 0 Å². The van der Waals surface area contributed by atoms with Crippen LogP contribution in [0.1, 0.15) is 206 Å². The number of carbonyl (C=O) groups is 7. The van der Waals surface area contributed by atoms with Crippen LogP contribution in [0, 0.1) is 45.3 Å². The van der Waals surface area contributed by atoms with E-state index in [1.54, 1.807) is 0 Å². The van der Waals surface area contributed by atoms with Crippen molar-refractivity contribution in [3.63, 3.8) is 0 Å². The highest BCUT2D eigenvalue weighted by atomic mass is 16.6. The van der Waals surface area contributed by atoms with Crippen LogP contribution in [0.5, 0.6) is 0 Å². The minimum absolute atomic E-state index is 0.0124. The van der Waals surface area contributed by atoms with Crippen LogP contribution < -0.4 is 5.32 Å². The average molecular weight is 1130 g/mol. The summed E-state index contributed by atoms with van der Waals surface area (Å²) in [5, 5.41) is 14.7. The van der Waals surface area contributed by atoms with Gasteiger partial charge in [0.05, 0.1) is 70.5 Å². The second-order valence-corrected chi connectivity index (χ2v) is 24.4. The molecule has 1 fully saturated rings. The van der Waals surface area contributed by atoms with E-state index in [0.29, 0.717) is 90.3 Å². The number of ether oxygens (including phenoxy) is 6. The van der Waals surface area contributed by atoms with Gasteiger partial charge in [0.15, 0.2) is 0 Å². The van der Waals surface area contributed by atoms with E-state index in [0.717, 1.165) is 0 Å². The zero-order valence-corrected chi connectivity index (χ0v) is 51.3. The second-order valence-electron chi connectivity index (χ2n) is 24.4. The van der Waals surface area contributed by atoms with E-state index >= 15 is 0 Å². The summed E-state index contributed by atoms with van der Waals surface area (Å²) in [6.07, 6.45) is 5.79. The highest BCUT2D eigenvalue weighted by Crippen LogP contribution is 2.62.